The Hall–Kier alpha value is -0.480. The lowest BCUT2D eigenvalue weighted by atomic mass is 10.2. The first-order chi connectivity index (χ1) is 8.98. The molecule has 0 aromatic carbocycles. The van der Waals surface area contributed by atoms with Crippen LogP contribution in [0.25, 0.3) is 0 Å². The molecule has 0 amide bonds. The Balaban J connectivity index is 2.80. The number of nitrogens with zero attached hydrogens (tertiary/aromatic N) is 1. The lowest BCUT2D eigenvalue weighted by Crippen LogP contribution is -2.56. The van der Waals surface area contributed by atoms with Crippen molar-refractivity contribution >= 4 is 10.0 Å². The standard InChI is InChI=1S/C10H17F5N2O2S/c11-9(12,10(13,14)15)8(16)7-20(18,19)17-5-3-1-2-4-6-17/h8H,1-7,16H2. The Morgan fingerprint density at radius 2 is 1.45 bits per heavy atom. The summed E-state index contributed by atoms with van der Waals surface area (Å²) in [4.78, 5) is 0. The molecule has 0 radical (unpaired) electrons. The van der Waals surface area contributed by atoms with Crippen molar-refractivity contribution < 1.29 is 30.4 Å². The highest BCUT2D eigenvalue weighted by atomic mass is 32.2. The quantitative estimate of drug-likeness (QED) is 0.801. The SMILES string of the molecule is NC(CS(=O)(=O)N1CCCCCC1)C(F)(F)C(F)(F)F. The number of hydrogen-bond acceptors (Lipinski definition) is 3. The van der Waals surface area contributed by atoms with Gasteiger partial charge in [-0.3, -0.25) is 0 Å². The average molecular weight is 324 g/mol. The van der Waals surface area contributed by atoms with Crippen molar-refractivity contribution in [2.24, 2.45) is 5.73 Å². The minimum Gasteiger partial charge on any atom is -0.321 e. The van der Waals surface area contributed by atoms with E-state index in [1.54, 1.807) is 0 Å². The van der Waals surface area contributed by atoms with E-state index < -0.39 is 33.9 Å². The Morgan fingerprint density at radius 1 is 1.00 bits per heavy atom. The van der Waals surface area contributed by atoms with Crippen LogP contribution in [0.5, 0.6) is 0 Å². The van der Waals surface area contributed by atoms with Crippen molar-refractivity contribution in [1.29, 1.82) is 0 Å². The smallest absolute Gasteiger partial charge is 0.321 e. The fraction of sp³-hybridized carbons (Fsp3) is 1.00. The summed E-state index contributed by atoms with van der Waals surface area (Å²) in [6.45, 7) is 0.263. The van der Waals surface area contributed by atoms with Gasteiger partial charge in [0.05, 0.1) is 11.8 Å². The van der Waals surface area contributed by atoms with E-state index in [2.05, 4.69) is 0 Å². The summed E-state index contributed by atoms with van der Waals surface area (Å²) in [6, 6.07) is -2.81. The molecule has 2 N–H and O–H groups in total. The number of halogens is 5. The van der Waals surface area contributed by atoms with Gasteiger partial charge in [-0.15, -0.1) is 0 Å². The Morgan fingerprint density at radius 3 is 1.85 bits per heavy atom. The van der Waals surface area contributed by atoms with Crippen molar-refractivity contribution in [2.75, 3.05) is 18.8 Å². The summed E-state index contributed by atoms with van der Waals surface area (Å²) in [5.74, 6) is -6.65. The molecular formula is C10H17F5N2O2S. The summed E-state index contributed by atoms with van der Waals surface area (Å²) in [7, 11) is -4.22. The molecule has 1 saturated heterocycles. The number of rotatable bonds is 4. The van der Waals surface area contributed by atoms with Gasteiger partial charge in [-0.05, 0) is 12.8 Å². The average Bonchev–Trinajstić information content (AvgIpc) is 2.55. The third-order valence-electron chi connectivity index (χ3n) is 3.19. The van der Waals surface area contributed by atoms with Gasteiger partial charge in [0.2, 0.25) is 10.0 Å². The van der Waals surface area contributed by atoms with Crippen LogP contribution in [0, 0.1) is 0 Å². The third-order valence-corrected chi connectivity index (χ3v) is 5.12. The summed E-state index contributed by atoms with van der Waals surface area (Å²) < 4.78 is 87.0. The van der Waals surface area contributed by atoms with Crippen molar-refractivity contribution in [2.45, 2.75) is 43.8 Å². The van der Waals surface area contributed by atoms with Crippen LogP contribution in [0.3, 0.4) is 0 Å². The fourth-order valence-corrected chi connectivity index (χ4v) is 3.66. The van der Waals surface area contributed by atoms with Gasteiger partial charge in [0.25, 0.3) is 0 Å². The molecule has 10 heteroatoms. The molecule has 1 rings (SSSR count). The molecule has 0 spiro atoms. The van der Waals surface area contributed by atoms with Crippen LogP contribution in [0.4, 0.5) is 22.0 Å². The van der Waals surface area contributed by atoms with Crippen LogP contribution in [0.1, 0.15) is 25.7 Å². The van der Waals surface area contributed by atoms with E-state index in [1.807, 2.05) is 0 Å². The molecular weight excluding hydrogens is 307 g/mol. The highest BCUT2D eigenvalue weighted by molar-refractivity contribution is 7.89. The van der Waals surface area contributed by atoms with Crippen molar-refractivity contribution in [1.82, 2.24) is 4.31 Å². The van der Waals surface area contributed by atoms with Gasteiger partial charge in [0.1, 0.15) is 0 Å². The molecule has 20 heavy (non-hydrogen) atoms. The predicted octanol–water partition coefficient (Wildman–Crippen LogP) is 1.72. The van der Waals surface area contributed by atoms with Crippen LogP contribution in [-0.4, -0.2) is 49.7 Å². The van der Waals surface area contributed by atoms with Gasteiger partial charge in [-0.25, -0.2) is 12.7 Å². The van der Waals surface area contributed by atoms with E-state index in [0.29, 0.717) is 12.8 Å². The highest BCUT2D eigenvalue weighted by Crippen LogP contribution is 2.38. The van der Waals surface area contributed by atoms with Gasteiger partial charge in [-0.2, -0.15) is 22.0 Å². The van der Waals surface area contributed by atoms with Crippen LogP contribution < -0.4 is 5.73 Å². The van der Waals surface area contributed by atoms with E-state index in [9.17, 15) is 30.4 Å². The minimum atomic E-state index is -5.86. The molecule has 1 heterocycles. The van der Waals surface area contributed by atoms with Crippen molar-refractivity contribution in [3.63, 3.8) is 0 Å². The molecule has 0 saturated carbocycles. The maximum absolute atomic E-state index is 13.0. The zero-order valence-electron chi connectivity index (χ0n) is 10.7. The second-order valence-corrected chi connectivity index (χ2v) is 6.83. The van der Waals surface area contributed by atoms with Crippen LogP contribution in [0.15, 0.2) is 0 Å². The second kappa shape index (κ2) is 6.10. The topological polar surface area (TPSA) is 63.4 Å². The van der Waals surface area contributed by atoms with Crippen LogP contribution in [0.2, 0.25) is 0 Å². The fourth-order valence-electron chi connectivity index (χ4n) is 1.97. The molecule has 0 aliphatic carbocycles. The molecule has 4 nitrogen and oxygen atoms in total. The van der Waals surface area contributed by atoms with E-state index >= 15 is 0 Å². The Kier molecular flexibility index (Phi) is 5.36. The van der Waals surface area contributed by atoms with Gasteiger partial charge < -0.3 is 5.73 Å². The molecule has 1 unspecified atom stereocenters. The third kappa shape index (κ3) is 4.01. The first-order valence-corrected chi connectivity index (χ1v) is 7.77. The molecule has 0 bridgehead atoms. The van der Waals surface area contributed by atoms with Crippen molar-refractivity contribution in [3.05, 3.63) is 0 Å². The Labute approximate surface area is 114 Å². The number of nitrogens with two attached hydrogens (primary N) is 1. The first-order valence-electron chi connectivity index (χ1n) is 6.16. The zero-order chi connectivity index (χ0) is 15.6. The molecule has 1 atom stereocenters. The molecule has 1 fully saturated rings. The van der Waals surface area contributed by atoms with Crippen LogP contribution >= 0.6 is 0 Å². The summed E-state index contributed by atoms with van der Waals surface area (Å²) in [5.41, 5.74) is 4.79. The van der Waals surface area contributed by atoms with E-state index in [0.717, 1.165) is 17.1 Å². The normalized spacial score (nSPS) is 21.5. The summed E-state index contributed by atoms with van der Waals surface area (Å²) in [6.07, 6.45) is -3.14. The maximum atomic E-state index is 13.0. The predicted molar refractivity (Wildman–Crippen MR) is 62.8 cm³/mol. The summed E-state index contributed by atoms with van der Waals surface area (Å²) in [5, 5.41) is 0. The van der Waals surface area contributed by atoms with Crippen LogP contribution in [-0.2, 0) is 10.0 Å². The summed E-state index contributed by atoms with van der Waals surface area (Å²) >= 11 is 0. The zero-order valence-corrected chi connectivity index (χ0v) is 11.5. The van der Waals surface area contributed by atoms with E-state index in [-0.39, 0.29) is 13.1 Å². The van der Waals surface area contributed by atoms with Gasteiger partial charge in [-0.1, -0.05) is 12.8 Å². The van der Waals surface area contributed by atoms with Gasteiger partial charge in [0, 0.05) is 13.1 Å². The molecule has 0 aromatic rings. The first kappa shape index (κ1) is 17.6. The lowest BCUT2D eigenvalue weighted by molar-refractivity contribution is -0.287. The van der Waals surface area contributed by atoms with E-state index in [4.69, 9.17) is 5.73 Å². The van der Waals surface area contributed by atoms with Gasteiger partial charge in [0.15, 0.2) is 0 Å². The maximum Gasteiger partial charge on any atom is 0.454 e. The van der Waals surface area contributed by atoms with Gasteiger partial charge >= 0.3 is 12.1 Å². The molecule has 1 aliphatic rings. The Bertz CT molecular complexity index is 416. The highest BCUT2D eigenvalue weighted by Gasteiger charge is 2.62. The number of hydrogen-bond donors (Lipinski definition) is 1. The lowest BCUT2D eigenvalue weighted by Gasteiger charge is -2.28. The molecule has 0 aromatic heterocycles. The number of sulfonamides is 1. The van der Waals surface area contributed by atoms with Crippen molar-refractivity contribution in [3.8, 4) is 0 Å². The second-order valence-electron chi connectivity index (χ2n) is 4.82. The van der Waals surface area contributed by atoms with E-state index in [1.165, 1.54) is 0 Å². The minimum absolute atomic E-state index is 0.132. The monoisotopic (exact) mass is 324 g/mol. The number of alkyl halides is 5. The molecule has 1 aliphatic heterocycles. The molecule has 120 valence electrons. The largest absolute Gasteiger partial charge is 0.454 e.